The second-order valence-corrected chi connectivity index (χ2v) is 9.44. The van der Waals surface area contributed by atoms with E-state index in [-0.39, 0.29) is 0 Å². The number of halogens is 1. The summed E-state index contributed by atoms with van der Waals surface area (Å²) in [5.74, 6) is -2.04. The van der Waals surface area contributed by atoms with Gasteiger partial charge in [-0.2, -0.15) is 0 Å². The van der Waals surface area contributed by atoms with Crippen molar-refractivity contribution in [2.75, 3.05) is 13.2 Å². The van der Waals surface area contributed by atoms with Gasteiger partial charge in [-0.1, -0.05) is 0 Å². The summed E-state index contributed by atoms with van der Waals surface area (Å²) < 4.78 is 56.5. The van der Waals surface area contributed by atoms with Gasteiger partial charge in [-0.3, -0.25) is 18.1 Å². The van der Waals surface area contributed by atoms with Crippen molar-refractivity contribution >= 4 is 19.0 Å². The molecule has 2 fully saturated rings. The van der Waals surface area contributed by atoms with E-state index in [0.29, 0.717) is 29.2 Å². The maximum atomic E-state index is 15.6. The first kappa shape index (κ1) is 21.6. The number of rotatable bonds is 5. The lowest BCUT2D eigenvalue weighted by molar-refractivity contribution is -0.220. The Labute approximate surface area is 172 Å². The molecule has 12 heteroatoms. The van der Waals surface area contributed by atoms with Crippen LogP contribution in [0.2, 0.25) is 0 Å². The lowest BCUT2D eigenvalue weighted by Crippen LogP contribution is -2.52. The molecule has 2 aliphatic rings. The SMILES string of the molecule is CCOc1cc(C)nc2c1ncn2[C@@H]1O[C@]2(F)COP(=O)(OC(C)C)O[C@H]2[C@@]1(C)O. The fourth-order valence-corrected chi connectivity index (χ4v) is 5.39. The lowest BCUT2D eigenvalue weighted by atomic mass is 9.95. The quantitative estimate of drug-likeness (QED) is 0.694. The number of aliphatic hydroxyl groups is 1. The largest absolute Gasteiger partial charge is 0.491 e. The Morgan fingerprint density at radius 3 is 2.90 bits per heavy atom. The van der Waals surface area contributed by atoms with Crippen molar-refractivity contribution in [1.82, 2.24) is 14.5 Å². The van der Waals surface area contributed by atoms with Crippen LogP contribution in [0.4, 0.5) is 4.39 Å². The van der Waals surface area contributed by atoms with Crippen LogP contribution in [-0.4, -0.2) is 56.5 Å². The van der Waals surface area contributed by atoms with E-state index in [0.717, 1.165) is 0 Å². The zero-order chi connectivity index (χ0) is 21.9. The summed E-state index contributed by atoms with van der Waals surface area (Å²) in [4.78, 5) is 8.76. The zero-order valence-electron chi connectivity index (χ0n) is 17.4. The van der Waals surface area contributed by atoms with Crippen LogP contribution in [0.25, 0.3) is 11.2 Å². The highest BCUT2D eigenvalue weighted by atomic mass is 31.2. The molecule has 2 aliphatic heterocycles. The van der Waals surface area contributed by atoms with E-state index < -0.39 is 44.3 Å². The molecular formula is C18H25FN3O7P. The van der Waals surface area contributed by atoms with Crippen molar-refractivity contribution in [2.45, 2.75) is 64.5 Å². The van der Waals surface area contributed by atoms with Gasteiger partial charge < -0.3 is 14.6 Å². The van der Waals surface area contributed by atoms with Crippen LogP contribution in [0.15, 0.2) is 12.4 Å². The average Bonchev–Trinajstić information content (AvgIpc) is 3.13. The van der Waals surface area contributed by atoms with Gasteiger partial charge >= 0.3 is 7.82 Å². The summed E-state index contributed by atoms with van der Waals surface area (Å²) in [5, 5.41) is 11.2. The van der Waals surface area contributed by atoms with E-state index >= 15 is 4.39 Å². The number of phosphoric acid groups is 1. The molecule has 30 heavy (non-hydrogen) atoms. The smallest absolute Gasteiger partial charge is 0.475 e. The Bertz CT molecular complexity index is 1010. The molecule has 0 saturated carbocycles. The molecule has 4 rings (SSSR count). The highest BCUT2D eigenvalue weighted by molar-refractivity contribution is 7.48. The van der Waals surface area contributed by atoms with Crippen LogP contribution in [-0.2, 0) is 22.9 Å². The Kier molecular flexibility index (Phi) is 5.20. The Hall–Kier alpha value is -1.62. The number of aryl methyl sites for hydroxylation is 1. The Morgan fingerprint density at radius 1 is 1.50 bits per heavy atom. The molecule has 0 bridgehead atoms. The van der Waals surface area contributed by atoms with Crippen LogP contribution >= 0.6 is 7.82 Å². The van der Waals surface area contributed by atoms with Crippen LogP contribution in [0, 0.1) is 6.92 Å². The minimum absolute atomic E-state index is 0.341. The number of fused-ring (bicyclic) bond motifs is 2. The van der Waals surface area contributed by atoms with E-state index in [4.69, 9.17) is 23.0 Å². The van der Waals surface area contributed by atoms with Crippen molar-refractivity contribution in [3.63, 3.8) is 0 Å². The molecule has 2 aromatic heterocycles. The van der Waals surface area contributed by atoms with Gasteiger partial charge in [0, 0.05) is 11.8 Å². The van der Waals surface area contributed by atoms with E-state index in [1.54, 1.807) is 26.8 Å². The van der Waals surface area contributed by atoms with E-state index in [9.17, 15) is 9.67 Å². The number of pyridine rings is 1. The van der Waals surface area contributed by atoms with Gasteiger partial charge in [0.15, 0.2) is 23.7 Å². The topological polar surface area (TPSA) is 114 Å². The monoisotopic (exact) mass is 445 g/mol. The molecule has 2 saturated heterocycles. The van der Waals surface area contributed by atoms with Crippen molar-refractivity contribution in [3.8, 4) is 5.75 Å². The van der Waals surface area contributed by atoms with Crippen LogP contribution < -0.4 is 4.74 Å². The fourth-order valence-electron chi connectivity index (χ4n) is 3.74. The first-order valence-corrected chi connectivity index (χ1v) is 11.1. The third-order valence-electron chi connectivity index (χ3n) is 4.90. The summed E-state index contributed by atoms with van der Waals surface area (Å²) >= 11 is 0. The maximum absolute atomic E-state index is 15.6. The third kappa shape index (κ3) is 3.43. The molecule has 4 heterocycles. The molecule has 0 spiro atoms. The molecule has 0 aromatic carbocycles. The maximum Gasteiger partial charge on any atom is 0.475 e. The zero-order valence-corrected chi connectivity index (χ0v) is 18.3. The van der Waals surface area contributed by atoms with Gasteiger partial charge in [0.1, 0.15) is 17.7 Å². The Morgan fingerprint density at radius 2 is 2.23 bits per heavy atom. The van der Waals surface area contributed by atoms with Crippen molar-refractivity contribution in [1.29, 1.82) is 0 Å². The van der Waals surface area contributed by atoms with Gasteiger partial charge in [-0.05, 0) is 34.6 Å². The van der Waals surface area contributed by atoms with E-state index in [1.807, 2.05) is 6.92 Å². The number of phosphoric ester groups is 1. The van der Waals surface area contributed by atoms with Crippen LogP contribution in [0.5, 0.6) is 5.75 Å². The molecule has 1 N–H and O–H groups in total. The highest BCUT2D eigenvalue weighted by Gasteiger charge is 2.69. The van der Waals surface area contributed by atoms with E-state index in [2.05, 4.69) is 9.97 Å². The molecular weight excluding hydrogens is 420 g/mol. The number of imidazole rings is 1. The predicted octanol–water partition coefficient (Wildman–Crippen LogP) is 3.03. The van der Waals surface area contributed by atoms with Crippen LogP contribution in [0.3, 0.4) is 0 Å². The summed E-state index contributed by atoms with van der Waals surface area (Å²) in [6.45, 7) is 7.93. The number of aromatic nitrogens is 3. The van der Waals surface area contributed by atoms with Gasteiger partial charge in [-0.15, -0.1) is 0 Å². The molecule has 5 atom stereocenters. The Balaban J connectivity index is 1.74. The van der Waals surface area contributed by atoms with Crippen molar-refractivity contribution in [3.05, 3.63) is 18.1 Å². The summed E-state index contributed by atoms with van der Waals surface area (Å²) in [5.41, 5.74) is -0.518. The molecule has 0 radical (unpaired) electrons. The average molecular weight is 445 g/mol. The molecule has 166 valence electrons. The number of hydrogen-bond donors (Lipinski definition) is 1. The number of ether oxygens (including phenoxy) is 2. The van der Waals surface area contributed by atoms with Gasteiger partial charge in [-0.25, -0.2) is 18.9 Å². The molecule has 0 amide bonds. The van der Waals surface area contributed by atoms with Crippen LogP contribution in [0.1, 0.15) is 39.6 Å². The second-order valence-electron chi connectivity index (χ2n) is 7.86. The van der Waals surface area contributed by atoms with E-state index in [1.165, 1.54) is 17.8 Å². The minimum Gasteiger partial charge on any atom is -0.491 e. The normalized spacial score (nSPS) is 36.4. The molecule has 0 aliphatic carbocycles. The number of nitrogens with zero attached hydrogens (tertiary/aromatic N) is 3. The second kappa shape index (κ2) is 7.22. The molecule has 1 unspecified atom stereocenters. The predicted molar refractivity (Wildman–Crippen MR) is 103 cm³/mol. The van der Waals surface area contributed by atoms with Gasteiger partial charge in [0.2, 0.25) is 0 Å². The molecule has 10 nitrogen and oxygen atoms in total. The fraction of sp³-hybridized carbons (Fsp3) is 0.667. The van der Waals surface area contributed by atoms with Gasteiger partial charge in [0.25, 0.3) is 5.85 Å². The summed E-state index contributed by atoms with van der Waals surface area (Å²) in [7, 11) is -4.08. The third-order valence-corrected chi connectivity index (χ3v) is 6.49. The van der Waals surface area contributed by atoms with Crippen molar-refractivity contribution < 1.29 is 37.1 Å². The van der Waals surface area contributed by atoms with Crippen molar-refractivity contribution in [2.24, 2.45) is 0 Å². The standard InChI is InChI=1S/C18H25FN3O7P/c1-6-25-12-7-11(4)21-14-13(12)20-9-22(14)16-17(5,23)15-18(19,27-16)8-26-30(24,29-15)28-10(2)3/h7,9-10,15-16,23H,6,8H2,1-5H3/t15-,16+,17+,18+,30?/m0/s1. The highest BCUT2D eigenvalue weighted by Crippen LogP contribution is 2.62. The first-order valence-electron chi connectivity index (χ1n) is 9.66. The van der Waals surface area contributed by atoms with Gasteiger partial charge in [0.05, 0.1) is 19.0 Å². The first-order chi connectivity index (χ1) is 14.0. The number of hydrogen-bond acceptors (Lipinski definition) is 9. The molecule has 2 aromatic rings. The minimum atomic E-state index is -4.08. The lowest BCUT2D eigenvalue weighted by Gasteiger charge is -2.37. The number of alkyl halides is 1. The summed E-state index contributed by atoms with van der Waals surface area (Å²) in [6, 6.07) is 1.74. The summed E-state index contributed by atoms with van der Waals surface area (Å²) in [6.07, 6.45) is -2.02.